The summed E-state index contributed by atoms with van der Waals surface area (Å²) in [4.78, 5) is 4.72. The average Bonchev–Trinajstić information content (AvgIpc) is 3.27. The van der Waals surface area contributed by atoms with Crippen LogP contribution in [-0.4, -0.2) is 38.1 Å². The molecule has 7 nitrogen and oxygen atoms in total. The van der Waals surface area contributed by atoms with Gasteiger partial charge in [-0.1, -0.05) is 18.2 Å². The van der Waals surface area contributed by atoms with Crippen molar-refractivity contribution in [2.45, 2.75) is 46.7 Å². The van der Waals surface area contributed by atoms with E-state index in [0.29, 0.717) is 6.54 Å². The fourth-order valence-electron chi connectivity index (χ4n) is 3.35. The number of hydrogen-bond acceptors (Lipinski definition) is 3. The first-order valence-corrected chi connectivity index (χ1v) is 10.1. The third-order valence-electron chi connectivity index (χ3n) is 4.96. The van der Waals surface area contributed by atoms with Gasteiger partial charge in [0, 0.05) is 31.5 Å². The maximum absolute atomic E-state index is 4.72. The minimum atomic E-state index is 0.233. The van der Waals surface area contributed by atoms with Crippen LogP contribution >= 0.6 is 0 Å². The number of nitrogens with zero attached hydrogens (tertiary/aromatic N) is 5. The number of nitrogens with one attached hydrogen (secondary N) is 2. The van der Waals surface area contributed by atoms with Gasteiger partial charge in [0.05, 0.1) is 23.6 Å². The molecule has 3 aromatic rings. The molecule has 3 rings (SSSR count). The number of guanidine groups is 1. The number of aromatic nitrogens is 4. The normalized spacial score (nSPS) is 12.8. The smallest absolute Gasteiger partial charge is 0.191 e. The van der Waals surface area contributed by atoms with E-state index in [1.807, 2.05) is 59.0 Å². The summed E-state index contributed by atoms with van der Waals surface area (Å²) in [6.45, 7) is 9.75. The molecule has 1 unspecified atom stereocenters. The highest BCUT2D eigenvalue weighted by molar-refractivity contribution is 5.80. The van der Waals surface area contributed by atoms with Crippen LogP contribution in [0.5, 0.6) is 0 Å². The molecule has 0 saturated heterocycles. The monoisotopic (exact) mass is 393 g/mol. The van der Waals surface area contributed by atoms with E-state index < -0.39 is 0 Å². The summed E-state index contributed by atoms with van der Waals surface area (Å²) < 4.78 is 3.82. The van der Waals surface area contributed by atoms with Gasteiger partial charge in [0.15, 0.2) is 5.96 Å². The summed E-state index contributed by atoms with van der Waals surface area (Å²) in [6.07, 6.45) is 2.87. The van der Waals surface area contributed by atoms with E-state index in [1.165, 1.54) is 11.3 Å². The Bertz CT molecular complexity index is 953. The van der Waals surface area contributed by atoms with Crippen molar-refractivity contribution in [2.75, 3.05) is 6.54 Å². The lowest BCUT2D eigenvalue weighted by molar-refractivity contribution is 0.635. The van der Waals surface area contributed by atoms with Gasteiger partial charge in [0.1, 0.15) is 0 Å². The third-order valence-corrected chi connectivity index (χ3v) is 4.96. The maximum atomic E-state index is 4.72. The summed E-state index contributed by atoms with van der Waals surface area (Å²) in [5, 5.41) is 16.0. The largest absolute Gasteiger partial charge is 0.357 e. The van der Waals surface area contributed by atoms with Crippen LogP contribution < -0.4 is 10.6 Å². The molecular formula is C22H31N7. The van der Waals surface area contributed by atoms with Crippen LogP contribution in [0.3, 0.4) is 0 Å². The molecule has 2 N–H and O–H groups in total. The van der Waals surface area contributed by atoms with Gasteiger partial charge in [0.25, 0.3) is 0 Å². The van der Waals surface area contributed by atoms with Crippen LogP contribution in [0, 0.1) is 13.8 Å². The zero-order chi connectivity index (χ0) is 20.8. The molecule has 154 valence electrons. The molecule has 0 fully saturated rings. The van der Waals surface area contributed by atoms with Gasteiger partial charge < -0.3 is 10.6 Å². The average molecular weight is 394 g/mol. The Morgan fingerprint density at radius 2 is 1.90 bits per heavy atom. The number of para-hydroxylation sites is 1. The molecule has 0 aliphatic carbocycles. The van der Waals surface area contributed by atoms with Crippen LogP contribution in [-0.2, 0) is 20.0 Å². The molecule has 0 aliphatic heterocycles. The minimum Gasteiger partial charge on any atom is -0.357 e. The van der Waals surface area contributed by atoms with Gasteiger partial charge >= 0.3 is 0 Å². The summed E-state index contributed by atoms with van der Waals surface area (Å²) in [5.74, 6) is 0.799. The molecule has 2 heterocycles. The molecule has 7 heteroatoms. The molecule has 0 aliphatic rings. The number of aryl methyl sites for hydroxylation is 2. The zero-order valence-corrected chi connectivity index (χ0v) is 18.0. The fraction of sp³-hybridized carbons (Fsp3) is 0.409. The van der Waals surface area contributed by atoms with Gasteiger partial charge in [-0.2, -0.15) is 10.2 Å². The van der Waals surface area contributed by atoms with Crippen molar-refractivity contribution in [2.24, 2.45) is 12.0 Å². The summed E-state index contributed by atoms with van der Waals surface area (Å²) in [6, 6.07) is 12.3. The fourth-order valence-corrected chi connectivity index (χ4v) is 3.35. The van der Waals surface area contributed by atoms with Crippen molar-refractivity contribution < 1.29 is 0 Å². The molecule has 0 radical (unpaired) electrons. The quantitative estimate of drug-likeness (QED) is 0.478. The Labute approximate surface area is 172 Å². The van der Waals surface area contributed by atoms with Crippen LogP contribution in [0.15, 0.2) is 47.6 Å². The number of hydrogen-bond donors (Lipinski definition) is 2. The first-order valence-electron chi connectivity index (χ1n) is 10.1. The maximum Gasteiger partial charge on any atom is 0.191 e. The Hall–Kier alpha value is -3.09. The SMILES string of the molecule is CCNC(=NCc1ccn(-c2ccccc2)n1)NC(C)Cc1c(C)nn(C)c1C. The first kappa shape index (κ1) is 20.6. The lowest BCUT2D eigenvalue weighted by Gasteiger charge is -2.18. The molecule has 29 heavy (non-hydrogen) atoms. The zero-order valence-electron chi connectivity index (χ0n) is 18.0. The van der Waals surface area contributed by atoms with Gasteiger partial charge in [-0.05, 0) is 57.9 Å². The first-order chi connectivity index (χ1) is 14.0. The van der Waals surface area contributed by atoms with E-state index in [9.17, 15) is 0 Å². The van der Waals surface area contributed by atoms with E-state index in [4.69, 9.17) is 4.99 Å². The second-order valence-corrected chi connectivity index (χ2v) is 7.30. The summed E-state index contributed by atoms with van der Waals surface area (Å²) in [7, 11) is 1.99. The number of rotatable bonds is 7. The molecule has 1 atom stereocenters. The van der Waals surface area contributed by atoms with Crippen LogP contribution in [0.2, 0.25) is 0 Å². The van der Waals surface area contributed by atoms with Crippen molar-refractivity contribution in [3.63, 3.8) is 0 Å². The highest BCUT2D eigenvalue weighted by Crippen LogP contribution is 2.14. The lowest BCUT2D eigenvalue weighted by Crippen LogP contribution is -2.43. The van der Waals surface area contributed by atoms with Crippen molar-refractivity contribution in [1.29, 1.82) is 0 Å². The van der Waals surface area contributed by atoms with E-state index in [2.05, 4.69) is 48.5 Å². The molecule has 0 bridgehead atoms. The van der Waals surface area contributed by atoms with Crippen molar-refractivity contribution in [1.82, 2.24) is 30.2 Å². The van der Waals surface area contributed by atoms with Gasteiger partial charge in [-0.25, -0.2) is 9.67 Å². The Kier molecular flexibility index (Phi) is 6.69. The number of benzene rings is 1. The second-order valence-electron chi connectivity index (χ2n) is 7.30. The van der Waals surface area contributed by atoms with Gasteiger partial charge in [-0.3, -0.25) is 4.68 Å². The van der Waals surface area contributed by atoms with E-state index >= 15 is 0 Å². The highest BCUT2D eigenvalue weighted by Gasteiger charge is 2.14. The summed E-state index contributed by atoms with van der Waals surface area (Å²) in [5.41, 5.74) is 5.57. The highest BCUT2D eigenvalue weighted by atomic mass is 15.3. The van der Waals surface area contributed by atoms with E-state index in [0.717, 1.165) is 36.0 Å². The molecule has 2 aromatic heterocycles. The Balaban J connectivity index is 1.64. The second kappa shape index (κ2) is 9.41. The standard InChI is InChI=1S/C22H31N7/c1-6-23-22(25-16(2)14-21-17(3)26-28(5)18(21)4)24-15-19-12-13-29(27-19)20-10-8-7-9-11-20/h7-13,16H,6,14-15H2,1-5H3,(H2,23,24,25). The van der Waals surface area contributed by atoms with E-state index in [-0.39, 0.29) is 6.04 Å². The van der Waals surface area contributed by atoms with Crippen LogP contribution in [0.1, 0.15) is 36.5 Å². The lowest BCUT2D eigenvalue weighted by atomic mass is 10.1. The topological polar surface area (TPSA) is 72.1 Å². The predicted octanol–water partition coefficient (Wildman–Crippen LogP) is 2.91. The molecule has 1 aromatic carbocycles. The third kappa shape index (κ3) is 5.25. The van der Waals surface area contributed by atoms with Crippen molar-refractivity contribution >= 4 is 5.96 Å². The van der Waals surface area contributed by atoms with Crippen molar-refractivity contribution in [3.05, 3.63) is 65.2 Å². The van der Waals surface area contributed by atoms with Crippen molar-refractivity contribution in [3.8, 4) is 5.69 Å². The summed E-state index contributed by atoms with van der Waals surface area (Å²) >= 11 is 0. The van der Waals surface area contributed by atoms with Gasteiger partial charge in [0.2, 0.25) is 0 Å². The van der Waals surface area contributed by atoms with Crippen LogP contribution in [0.4, 0.5) is 0 Å². The predicted molar refractivity (Wildman–Crippen MR) is 117 cm³/mol. The number of aliphatic imine (C=N–C) groups is 1. The van der Waals surface area contributed by atoms with E-state index in [1.54, 1.807) is 0 Å². The Morgan fingerprint density at radius 1 is 1.14 bits per heavy atom. The Morgan fingerprint density at radius 3 is 2.55 bits per heavy atom. The molecule has 0 amide bonds. The van der Waals surface area contributed by atoms with Crippen LogP contribution in [0.25, 0.3) is 5.69 Å². The van der Waals surface area contributed by atoms with Gasteiger partial charge in [-0.15, -0.1) is 0 Å². The molecule has 0 spiro atoms. The molecule has 0 saturated carbocycles. The molecular weight excluding hydrogens is 362 g/mol. The minimum absolute atomic E-state index is 0.233.